The predicted molar refractivity (Wildman–Crippen MR) is 110 cm³/mol. The Hall–Kier alpha value is -2.62. The normalized spacial score (nSPS) is 12.4. The van der Waals surface area contributed by atoms with Crippen molar-refractivity contribution >= 4 is 21.7 Å². The van der Waals surface area contributed by atoms with Crippen LogP contribution in [0.5, 0.6) is 5.75 Å². The van der Waals surface area contributed by atoms with Gasteiger partial charge in [0.25, 0.3) is 0 Å². The second kappa shape index (κ2) is 10.2. The average Bonchev–Trinajstić information content (AvgIpc) is 2.68. The van der Waals surface area contributed by atoms with E-state index in [1.54, 1.807) is 14.0 Å². The smallest absolute Gasteiger partial charge is 0.337 e. The Labute approximate surface area is 170 Å². The number of carboxylic acids is 1. The summed E-state index contributed by atoms with van der Waals surface area (Å²) in [7, 11) is -0.787. The van der Waals surface area contributed by atoms with Crippen LogP contribution in [0.3, 0.4) is 0 Å². The lowest BCUT2D eigenvalue weighted by molar-refractivity contribution is 0.0697. The zero-order chi connectivity index (χ0) is 21.4. The molecule has 0 aromatic heterocycles. The van der Waals surface area contributed by atoms with Crippen LogP contribution in [0.25, 0.3) is 0 Å². The van der Waals surface area contributed by atoms with Crippen LogP contribution in [0.2, 0.25) is 0 Å². The van der Waals surface area contributed by atoms with E-state index in [1.165, 1.54) is 19.2 Å². The summed E-state index contributed by atoms with van der Waals surface area (Å²) in [4.78, 5) is 11.5. The first-order valence-corrected chi connectivity index (χ1v) is 10.5. The standard InChI is InChI=1S/C20H26N2O6S/c1-14(13-27-2)22-29(25,26)17-8-9-19(18(12-17)20(23)24)21-11-10-15-4-6-16(28-3)7-5-15/h4-9,12,14,21-22H,10-11,13H2,1-3H3,(H,23,24). The fourth-order valence-corrected chi connectivity index (χ4v) is 4.03. The van der Waals surface area contributed by atoms with E-state index in [0.717, 1.165) is 17.4 Å². The highest BCUT2D eigenvalue weighted by Gasteiger charge is 2.21. The fourth-order valence-electron chi connectivity index (χ4n) is 2.77. The van der Waals surface area contributed by atoms with Gasteiger partial charge in [-0.05, 0) is 49.2 Å². The number of anilines is 1. The number of nitrogens with one attached hydrogen (secondary N) is 2. The van der Waals surface area contributed by atoms with E-state index in [0.29, 0.717) is 18.7 Å². The summed E-state index contributed by atoms with van der Waals surface area (Å²) >= 11 is 0. The molecule has 0 radical (unpaired) electrons. The Kier molecular flexibility index (Phi) is 8.00. The van der Waals surface area contributed by atoms with Crippen molar-refractivity contribution in [3.63, 3.8) is 0 Å². The van der Waals surface area contributed by atoms with Crippen LogP contribution >= 0.6 is 0 Å². The van der Waals surface area contributed by atoms with Gasteiger partial charge in [-0.1, -0.05) is 12.1 Å². The maximum Gasteiger partial charge on any atom is 0.337 e. The lowest BCUT2D eigenvalue weighted by Crippen LogP contribution is -2.35. The molecule has 1 unspecified atom stereocenters. The third-order valence-corrected chi connectivity index (χ3v) is 5.78. The van der Waals surface area contributed by atoms with Gasteiger partial charge in [0.05, 0.1) is 24.2 Å². The maximum atomic E-state index is 12.5. The highest BCUT2D eigenvalue weighted by atomic mass is 32.2. The van der Waals surface area contributed by atoms with Crippen molar-refractivity contribution in [2.24, 2.45) is 0 Å². The van der Waals surface area contributed by atoms with E-state index in [9.17, 15) is 18.3 Å². The molecule has 0 heterocycles. The van der Waals surface area contributed by atoms with Gasteiger partial charge in [-0.2, -0.15) is 0 Å². The Balaban J connectivity index is 2.11. The number of hydrogen-bond donors (Lipinski definition) is 3. The summed E-state index contributed by atoms with van der Waals surface area (Å²) < 4.78 is 37.4. The summed E-state index contributed by atoms with van der Waals surface area (Å²) in [5.41, 5.74) is 1.31. The molecule has 8 nitrogen and oxygen atoms in total. The molecule has 2 aromatic rings. The summed E-state index contributed by atoms with van der Waals surface area (Å²) in [6.45, 7) is 2.35. The zero-order valence-electron chi connectivity index (χ0n) is 16.6. The molecule has 0 spiro atoms. The second-order valence-corrected chi connectivity index (χ2v) is 8.23. The molecule has 1 atom stereocenters. The average molecular weight is 423 g/mol. The molecule has 0 saturated heterocycles. The number of ether oxygens (including phenoxy) is 2. The lowest BCUT2D eigenvalue weighted by atomic mass is 10.1. The fraction of sp³-hybridized carbons (Fsp3) is 0.350. The molecule has 0 aliphatic heterocycles. The van der Waals surface area contributed by atoms with Gasteiger partial charge in [-0.25, -0.2) is 17.9 Å². The molecule has 0 fully saturated rings. The minimum Gasteiger partial charge on any atom is -0.497 e. The molecule has 3 N–H and O–H groups in total. The molecular weight excluding hydrogens is 396 g/mol. The van der Waals surface area contributed by atoms with E-state index in [-0.39, 0.29) is 17.1 Å². The Morgan fingerprint density at radius 2 is 1.83 bits per heavy atom. The molecule has 2 rings (SSSR count). The van der Waals surface area contributed by atoms with Crippen LogP contribution < -0.4 is 14.8 Å². The number of hydrogen-bond acceptors (Lipinski definition) is 6. The lowest BCUT2D eigenvalue weighted by Gasteiger charge is -2.15. The van der Waals surface area contributed by atoms with Crippen LogP contribution in [0, 0.1) is 0 Å². The van der Waals surface area contributed by atoms with Gasteiger partial charge in [0.15, 0.2) is 0 Å². The van der Waals surface area contributed by atoms with Crippen molar-refractivity contribution < 1.29 is 27.8 Å². The molecule has 158 valence electrons. The third kappa shape index (κ3) is 6.45. The number of benzene rings is 2. The topological polar surface area (TPSA) is 114 Å². The van der Waals surface area contributed by atoms with Gasteiger partial charge in [-0.3, -0.25) is 0 Å². The zero-order valence-corrected chi connectivity index (χ0v) is 17.5. The second-order valence-electron chi connectivity index (χ2n) is 6.52. The SMILES string of the molecule is COCC(C)NS(=O)(=O)c1ccc(NCCc2ccc(OC)cc2)c(C(=O)O)c1. The first-order chi connectivity index (χ1) is 13.8. The first kappa shape index (κ1) is 22.7. The van der Waals surface area contributed by atoms with E-state index in [1.807, 2.05) is 24.3 Å². The summed E-state index contributed by atoms with van der Waals surface area (Å²) in [5.74, 6) is -0.445. The van der Waals surface area contributed by atoms with Crippen LogP contribution in [0.4, 0.5) is 5.69 Å². The quantitative estimate of drug-likeness (QED) is 0.509. The maximum absolute atomic E-state index is 12.5. The monoisotopic (exact) mass is 422 g/mol. The number of carbonyl (C=O) groups is 1. The minimum absolute atomic E-state index is 0.109. The van der Waals surface area contributed by atoms with Gasteiger partial charge in [0, 0.05) is 25.4 Å². The van der Waals surface area contributed by atoms with Crippen LogP contribution in [0.1, 0.15) is 22.8 Å². The first-order valence-electron chi connectivity index (χ1n) is 9.02. The van der Waals surface area contributed by atoms with Gasteiger partial charge in [0.2, 0.25) is 10.0 Å². The van der Waals surface area contributed by atoms with Crippen molar-refractivity contribution in [1.82, 2.24) is 4.72 Å². The molecule has 0 saturated carbocycles. The highest BCUT2D eigenvalue weighted by molar-refractivity contribution is 7.89. The van der Waals surface area contributed by atoms with E-state index in [2.05, 4.69) is 10.0 Å². The highest BCUT2D eigenvalue weighted by Crippen LogP contribution is 2.21. The largest absolute Gasteiger partial charge is 0.497 e. The molecular formula is C20H26N2O6S. The number of aromatic carboxylic acids is 1. The Bertz CT molecular complexity index is 928. The molecule has 0 bridgehead atoms. The third-order valence-electron chi connectivity index (χ3n) is 4.19. The van der Waals surface area contributed by atoms with Gasteiger partial charge >= 0.3 is 5.97 Å². The number of methoxy groups -OCH3 is 2. The number of sulfonamides is 1. The minimum atomic E-state index is -3.86. The van der Waals surface area contributed by atoms with E-state index >= 15 is 0 Å². The van der Waals surface area contributed by atoms with Crippen molar-refractivity contribution in [2.75, 3.05) is 32.7 Å². The summed E-state index contributed by atoms with van der Waals surface area (Å²) in [5, 5.41) is 12.6. The Morgan fingerprint density at radius 1 is 1.14 bits per heavy atom. The van der Waals surface area contributed by atoms with Gasteiger partial charge < -0.3 is 19.9 Å². The van der Waals surface area contributed by atoms with Crippen LogP contribution in [-0.2, 0) is 21.2 Å². The van der Waals surface area contributed by atoms with Crippen molar-refractivity contribution in [3.05, 3.63) is 53.6 Å². The van der Waals surface area contributed by atoms with Crippen LogP contribution in [0.15, 0.2) is 47.4 Å². The number of carboxylic acid groups (broad SMARTS) is 1. The summed E-state index contributed by atoms with van der Waals surface area (Å²) in [6, 6.07) is 11.1. The summed E-state index contributed by atoms with van der Waals surface area (Å²) in [6.07, 6.45) is 0.666. The van der Waals surface area contributed by atoms with Crippen molar-refractivity contribution in [1.29, 1.82) is 0 Å². The molecule has 0 aliphatic carbocycles. The van der Waals surface area contributed by atoms with Crippen molar-refractivity contribution in [3.8, 4) is 5.75 Å². The van der Waals surface area contributed by atoms with E-state index < -0.39 is 22.0 Å². The predicted octanol–water partition coefficient (Wildman–Crippen LogP) is 2.36. The van der Waals surface area contributed by atoms with E-state index in [4.69, 9.17) is 9.47 Å². The van der Waals surface area contributed by atoms with Crippen LogP contribution in [-0.4, -0.2) is 52.9 Å². The molecule has 0 amide bonds. The van der Waals surface area contributed by atoms with Crippen molar-refractivity contribution in [2.45, 2.75) is 24.3 Å². The molecule has 0 aliphatic rings. The van der Waals surface area contributed by atoms with Gasteiger partial charge in [-0.15, -0.1) is 0 Å². The number of rotatable bonds is 11. The molecule has 9 heteroatoms. The Morgan fingerprint density at radius 3 is 2.41 bits per heavy atom. The molecule has 2 aromatic carbocycles. The molecule has 29 heavy (non-hydrogen) atoms. The van der Waals surface area contributed by atoms with Gasteiger partial charge in [0.1, 0.15) is 5.75 Å².